The summed E-state index contributed by atoms with van der Waals surface area (Å²) >= 11 is 1.37. The minimum Gasteiger partial charge on any atom is -0.375 e. The van der Waals surface area contributed by atoms with Crippen LogP contribution in [0.2, 0.25) is 0 Å². The number of nitrogen functional groups attached to an aromatic ring is 1. The van der Waals surface area contributed by atoms with Gasteiger partial charge < -0.3 is 10.6 Å². The van der Waals surface area contributed by atoms with Crippen LogP contribution in [0.4, 0.5) is 5.13 Å². The Kier molecular flexibility index (Phi) is 4.73. The molecule has 4 nitrogen and oxygen atoms in total. The molecule has 0 aromatic carbocycles. The number of rotatable bonds is 5. The van der Waals surface area contributed by atoms with E-state index in [1.54, 1.807) is 4.90 Å². The van der Waals surface area contributed by atoms with E-state index in [1.807, 2.05) is 12.4 Å². The third-order valence-corrected chi connectivity index (χ3v) is 3.09. The molecule has 0 aliphatic rings. The lowest BCUT2D eigenvalue weighted by molar-refractivity contribution is -0.129. The molecule has 0 fully saturated rings. The molecule has 1 amide bonds. The van der Waals surface area contributed by atoms with Crippen molar-refractivity contribution in [3.05, 3.63) is 11.1 Å². The van der Waals surface area contributed by atoms with Crippen LogP contribution in [0.15, 0.2) is 5.38 Å². The van der Waals surface area contributed by atoms with E-state index in [0.29, 0.717) is 17.5 Å². The van der Waals surface area contributed by atoms with E-state index < -0.39 is 0 Å². The number of nitrogens with two attached hydrogens (primary N) is 1. The lowest BCUT2D eigenvalue weighted by Gasteiger charge is -2.17. The normalized spacial score (nSPS) is 10.8. The Hall–Kier alpha value is -1.10. The molecule has 0 saturated carbocycles. The standard InChI is InChI=1S/C11H19N3OS/c1-8(2)4-5-14(3)10(15)6-9-7-16-11(12)13-9/h7-8H,4-6H2,1-3H3,(H2,12,13). The topological polar surface area (TPSA) is 59.2 Å². The first-order valence-electron chi connectivity index (χ1n) is 5.43. The number of nitrogens with zero attached hydrogens (tertiary/aromatic N) is 2. The molecule has 0 bridgehead atoms. The number of aromatic nitrogens is 1. The van der Waals surface area contributed by atoms with Gasteiger partial charge in [0.05, 0.1) is 12.1 Å². The van der Waals surface area contributed by atoms with Gasteiger partial charge in [-0.15, -0.1) is 11.3 Å². The summed E-state index contributed by atoms with van der Waals surface area (Å²) in [5.41, 5.74) is 6.28. The highest BCUT2D eigenvalue weighted by Gasteiger charge is 2.11. The average Bonchev–Trinajstić information content (AvgIpc) is 2.60. The van der Waals surface area contributed by atoms with Gasteiger partial charge in [0, 0.05) is 19.0 Å². The van der Waals surface area contributed by atoms with Crippen molar-refractivity contribution < 1.29 is 4.79 Å². The molecule has 1 aromatic heterocycles. The molecule has 2 N–H and O–H groups in total. The van der Waals surface area contributed by atoms with Gasteiger partial charge in [-0.1, -0.05) is 13.8 Å². The predicted molar refractivity (Wildman–Crippen MR) is 67.3 cm³/mol. The van der Waals surface area contributed by atoms with Crippen molar-refractivity contribution in [3.63, 3.8) is 0 Å². The Morgan fingerprint density at radius 3 is 2.81 bits per heavy atom. The van der Waals surface area contributed by atoms with Gasteiger partial charge >= 0.3 is 0 Å². The van der Waals surface area contributed by atoms with Gasteiger partial charge in [-0.25, -0.2) is 4.98 Å². The largest absolute Gasteiger partial charge is 0.375 e. The molecule has 1 rings (SSSR count). The highest BCUT2D eigenvalue weighted by atomic mass is 32.1. The molecule has 0 spiro atoms. The van der Waals surface area contributed by atoms with Crippen LogP contribution in [0.3, 0.4) is 0 Å². The van der Waals surface area contributed by atoms with E-state index in [9.17, 15) is 4.79 Å². The van der Waals surface area contributed by atoms with E-state index in [-0.39, 0.29) is 5.91 Å². The van der Waals surface area contributed by atoms with Crippen LogP contribution in [-0.4, -0.2) is 29.4 Å². The van der Waals surface area contributed by atoms with Gasteiger partial charge in [-0.2, -0.15) is 0 Å². The van der Waals surface area contributed by atoms with Crippen LogP contribution in [-0.2, 0) is 11.2 Å². The van der Waals surface area contributed by atoms with Crippen molar-refractivity contribution in [2.45, 2.75) is 26.7 Å². The fourth-order valence-electron chi connectivity index (χ4n) is 1.27. The predicted octanol–water partition coefficient (Wildman–Crippen LogP) is 1.77. The zero-order valence-electron chi connectivity index (χ0n) is 10.1. The van der Waals surface area contributed by atoms with Crippen LogP contribution in [0.25, 0.3) is 0 Å². The lowest BCUT2D eigenvalue weighted by Crippen LogP contribution is -2.29. The number of anilines is 1. The summed E-state index contributed by atoms with van der Waals surface area (Å²) < 4.78 is 0. The molecule has 0 radical (unpaired) electrons. The Morgan fingerprint density at radius 1 is 1.62 bits per heavy atom. The van der Waals surface area contributed by atoms with Crippen molar-refractivity contribution in [2.24, 2.45) is 5.92 Å². The molecule has 0 aliphatic heterocycles. The SMILES string of the molecule is CC(C)CCN(C)C(=O)Cc1csc(N)n1. The molecule has 0 atom stereocenters. The zero-order chi connectivity index (χ0) is 12.1. The summed E-state index contributed by atoms with van der Waals surface area (Å²) in [6, 6.07) is 0. The van der Waals surface area contributed by atoms with Crippen molar-refractivity contribution in [1.82, 2.24) is 9.88 Å². The van der Waals surface area contributed by atoms with Crippen molar-refractivity contribution in [2.75, 3.05) is 19.3 Å². The highest BCUT2D eigenvalue weighted by molar-refractivity contribution is 7.13. The van der Waals surface area contributed by atoms with E-state index in [4.69, 9.17) is 5.73 Å². The molecule has 0 unspecified atom stereocenters. The van der Waals surface area contributed by atoms with E-state index in [0.717, 1.165) is 18.7 Å². The second-order valence-electron chi connectivity index (χ2n) is 4.35. The third-order valence-electron chi connectivity index (χ3n) is 2.37. The van der Waals surface area contributed by atoms with Crippen LogP contribution >= 0.6 is 11.3 Å². The summed E-state index contributed by atoms with van der Waals surface area (Å²) in [5.74, 6) is 0.719. The van der Waals surface area contributed by atoms with Gasteiger partial charge in [0.15, 0.2) is 5.13 Å². The van der Waals surface area contributed by atoms with Gasteiger partial charge in [0.25, 0.3) is 0 Å². The number of likely N-dealkylation sites (N-methyl/N-ethyl adjacent to an activating group) is 1. The van der Waals surface area contributed by atoms with Crippen LogP contribution in [0.1, 0.15) is 26.0 Å². The molecule has 0 saturated heterocycles. The van der Waals surface area contributed by atoms with E-state index >= 15 is 0 Å². The molecular weight excluding hydrogens is 222 g/mol. The monoisotopic (exact) mass is 241 g/mol. The zero-order valence-corrected chi connectivity index (χ0v) is 10.9. The number of thiazole rings is 1. The molecule has 0 aliphatic carbocycles. The number of carbonyl (C=O) groups is 1. The maximum absolute atomic E-state index is 11.8. The summed E-state index contributed by atoms with van der Waals surface area (Å²) in [6.07, 6.45) is 1.38. The minimum atomic E-state index is 0.103. The second-order valence-corrected chi connectivity index (χ2v) is 5.24. The number of amides is 1. The maximum Gasteiger partial charge on any atom is 0.228 e. The number of hydrogen-bond acceptors (Lipinski definition) is 4. The second kappa shape index (κ2) is 5.84. The van der Waals surface area contributed by atoms with Crippen molar-refractivity contribution >= 4 is 22.4 Å². The Bertz CT molecular complexity index is 349. The van der Waals surface area contributed by atoms with Crippen molar-refractivity contribution in [3.8, 4) is 0 Å². The van der Waals surface area contributed by atoms with E-state index in [1.165, 1.54) is 11.3 Å². The van der Waals surface area contributed by atoms with E-state index in [2.05, 4.69) is 18.8 Å². The van der Waals surface area contributed by atoms with Gasteiger partial charge in [0.2, 0.25) is 5.91 Å². The fraction of sp³-hybridized carbons (Fsp3) is 0.636. The van der Waals surface area contributed by atoms with Gasteiger partial charge in [-0.05, 0) is 12.3 Å². The first kappa shape index (κ1) is 13.0. The van der Waals surface area contributed by atoms with Crippen LogP contribution in [0.5, 0.6) is 0 Å². The van der Waals surface area contributed by atoms with Crippen molar-refractivity contribution in [1.29, 1.82) is 0 Å². The third kappa shape index (κ3) is 4.18. The molecule has 5 heteroatoms. The molecule has 1 aromatic rings. The van der Waals surface area contributed by atoms with Crippen LogP contribution < -0.4 is 5.73 Å². The Labute approximate surface area is 100 Å². The molecule has 1 heterocycles. The average molecular weight is 241 g/mol. The summed E-state index contributed by atoms with van der Waals surface area (Å²) in [7, 11) is 1.83. The maximum atomic E-state index is 11.8. The van der Waals surface area contributed by atoms with Crippen LogP contribution in [0, 0.1) is 5.92 Å². The summed E-state index contributed by atoms with van der Waals surface area (Å²) in [5, 5.41) is 2.36. The lowest BCUT2D eigenvalue weighted by atomic mass is 10.1. The highest BCUT2D eigenvalue weighted by Crippen LogP contribution is 2.12. The first-order chi connectivity index (χ1) is 7.49. The minimum absolute atomic E-state index is 0.103. The number of carbonyl (C=O) groups excluding carboxylic acids is 1. The quantitative estimate of drug-likeness (QED) is 0.854. The fourth-order valence-corrected chi connectivity index (χ4v) is 1.83. The molecule has 90 valence electrons. The molecule has 16 heavy (non-hydrogen) atoms. The Balaban J connectivity index is 2.39. The number of hydrogen-bond donors (Lipinski definition) is 1. The summed E-state index contributed by atoms with van der Waals surface area (Å²) in [4.78, 5) is 17.6. The summed E-state index contributed by atoms with van der Waals surface area (Å²) in [6.45, 7) is 5.11. The smallest absolute Gasteiger partial charge is 0.228 e. The first-order valence-corrected chi connectivity index (χ1v) is 6.31. The van der Waals surface area contributed by atoms with Gasteiger partial charge in [0.1, 0.15) is 0 Å². The Morgan fingerprint density at radius 2 is 2.31 bits per heavy atom. The molecular formula is C11H19N3OS. The van der Waals surface area contributed by atoms with Gasteiger partial charge in [-0.3, -0.25) is 4.79 Å².